The van der Waals surface area contributed by atoms with E-state index in [9.17, 15) is 17.2 Å². The average Bonchev–Trinajstić information content (AvgIpc) is 2.69. The van der Waals surface area contributed by atoms with Crippen molar-refractivity contribution in [2.45, 2.75) is 31.5 Å². The first-order chi connectivity index (χ1) is 14.2. The summed E-state index contributed by atoms with van der Waals surface area (Å²) in [6.45, 7) is -0.540. The molecule has 0 aliphatic heterocycles. The minimum Gasteiger partial charge on any atom is -0.490 e. The Balaban J connectivity index is 2.07. The second-order valence-electron chi connectivity index (χ2n) is 6.03. The van der Waals surface area contributed by atoms with Gasteiger partial charge in [-0.2, -0.15) is 8.78 Å². The molecule has 0 spiro atoms. The van der Waals surface area contributed by atoms with Crippen molar-refractivity contribution in [1.29, 1.82) is 0 Å². The molecule has 0 fully saturated rings. The first-order valence-electron chi connectivity index (χ1n) is 9.00. The number of ether oxygens (including phenoxy) is 2. The van der Waals surface area contributed by atoms with Gasteiger partial charge in [-0.1, -0.05) is 24.3 Å². The number of hydrogen-bond donors (Lipinski definition) is 3. The molecule has 11 heteroatoms. The van der Waals surface area contributed by atoms with Crippen LogP contribution in [0.4, 0.5) is 8.78 Å². The van der Waals surface area contributed by atoms with Gasteiger partial charge in [-0.05, 0) is 30.7 Å². The van der Waals surface area contributed by atoms with Gasteiger partial charge in [-0.25, -0.2) is 13.6 Å². The lowest BCUT2D eigenvalue weighted by atomic mass is 10.2. The van der Waals surface area contributed by atoms with E-state index in [4.69, 9.17) is 9.88 Å². The summed E-state index contributed by atoms with van der Waals surface area (Å²) in [5, 5.41) is 11.2. The smallest absolute Gasteiger partial charge is 0.387 e. The molecule has 0 saturated heterocycles. The molecule has 0 aliphatic rings. The maximum absolute atomic E-state index is 12.8. The van der Waals surface area contributed by atoms with E-state index >= 15 is 0 Å². The van der Waals surface area contributed by atoms with E-state index in [1.54, 1.807) is 44.3 Å². The summed E-state index contributed by atoms with van der Waals surface area (Å²) in [6, 6.07) is 11.0. The van der Waals surface area contributed by atoms with E-state index in [1.807, 2.05) is 0 Å². The number of nitrogens with two attached hydrogens (primary N) is 1. The molecule has 0 heterocycles. The van der Waals surface area contributed by atoms with Crippen LogP contribution < -0.4 is 25.2 Å². The molecule has 30 heavy (non-hydrogen) atoms. The molecule has 0 aliphatic carbocycles. The largest absolute Gasteiger partial charge is 0.490 e. The SMILES string of the molecule is CCOc1cccc(CNC(=NC)NCc2cccc(S(N)(=O)=O)c2)c1OC(F)F. The third kappa shape index (κ3) is 6.85. The number of nitrogens with zero attached hydrogens (tertiary/aromatic N) is 1. The van der Waals surface area contributed by atoms with Crippen LogP contribution in [-0.2, 0) is 23.1 Å². The third-order valence-corrected chi connectivity index (χ3v) is 4.84. The summed E-state index contributed by atoms with van der Waals surface area (Å²) in [7, 11) is -2.26. The lowest BCUT2D eigenvalue weighted by molar-refractivity contribution is -0.0520. The predicted molar refractivity (Wildman–Crippen MR) is 109 cm³/mol. The van der Waals surface area contributed by atoms with E-state index in [2.05, 4.69) is 20.4 Å². The highest BCUT2D eigenvalue weighted by molar-refractivity contribution is 7.89. The summed E-state index contributed by atoms with van der Waals surface area (Å²) >= 11 is 0. The van der Waals surface area contributed by atoms with Crippen molar-refractivity contribution in [3.8, 4) is 11.5 Å². The normalized spacial score (nSPS) is 12.0. The summed E-state index contributed by atoms with van der Waals surface area (Å²) in [5.74, 6) is 0.554. The fourth-order valence-electron chi connectivity index (χ4n) is 2.61. The van der Waals surface area contributed by atoms with Gasteiger partial charge < -0.3 is 20.1 Å². The molecule has 0 aromatic heterocycles. The van der Waals surface area contributed by atoms with Crippen molar-refractivity contribution >= 4 is 16.0 Å². The second kappa shape index (κ2) is 10.7. The molecule has 4 N–H and O–H groups in total. The topological polar surface area (TPSA) is 115 Å². The highest BCUT2D eigenvalue weighted by Crippen LogP contribution is 2.32. The zero-order valence-electron chi connectivity index (χ0n) is 16.6. The van der Waals surface area contributed by atoms with Gasteiger partial charge in [-0.3, -0.25) is 4.99 Å². The number of halogens is 2. The van der Waals surface area contributed by atoms with Crippen LogP contribution in [0.1, 0.15) is 18.1 Å². The first kappa shape index (κ1) is 23.4. The van der Waals surface area contributed by atoms with E-state index in [0.29, 0.717) is 23.7 Å². The molecule has 0 atom stereocenters. The molecular weight excluding hydrogens is 418 g/mol. The maximum Gasteiger partial charge on any atom is 0.387 e. The van der Waals surface area contributed by atoms with Crippen LogP contribution in [0.3, 0.4) is 0 Å². The Bertz CT molecular complexity index is 984. The highest BCUT2D eigenvalue weighted by Gasteiger charge is 2.16. The molecule has 0 amide bonds. The van der Waals surface area contributed by atoms with Crippen molar-refractivity contribution in [2.75, 3.05) is 13.7 Å². The fraction of sp³-hybridized carbons (Fsp3) is 0.316. The van der Waals surface area contributed by atoms with Crippen LogP contribution in [-0.4, -0.2) is 34.6 Å². The molecule has 0 saturated carbocycles. The van der Waals surface area contributed by atoms with Crippen molar-refractivity contribution in [3.05, 3.63) is 53.6 Å². The number of hydrogen-bond acceptors (Lipinski definition) is 5. The molecule has 0 unspecified atom stereocenters. The molecule has 2 aromatic rings. The van der Waals surface area contributed by atoms with E-state index in [-0.39, 0.29) is 29.5 Å². The number of sulfonamides is 1. The summed E-state index contributed by atoms with van der Waals surface area (Å²) < 4.78 is 58.6. The van der Waals surface area contributed by atoms with Crippen molar-refractivity contribution in [2.24, 2.45) is 10.1 Å². The van der Waals surface area contributed by atoms with Crippen LogP contribution in [0.25, 0.3) is 0 Å². The quantitative estimate of drug-likeness (QED) is 0.405. The number of guanidine groups is 1. The Kier molecular flexibility index (Phi) is 8.36. The third-order valence-electron chi connectivity index (χ3n) is 3.92. The fourth-order valence-corrected chi connectivity index (χ4v) is 3.19. The van der Waals surface area contributed by atoms with Crippen LogP contribution in [0, 0.1) is 0 Å². The van der Waals surface area contributed by atoms with Gasteiger partial charge in [0, 0.05) is 25.7 Å². The molecule has 0 bridgehead atoms. The van der Waals surface area contributed by atoms with E-state index in [1.165, 1.54) is 12.1 Å². The van der Waals surface area contributed by atoms with Gasteiger partial charge in [0.05, 0.1) is 11.5 Å². The maximum atomic E-state index is 12.8. The molecule has 164 valence electrons. The van der Waals surface area contributed by atoms with Gasteiger partial charge in [0.1, 0.15) is 0 Å². The lowest BCUT2D eigenvalue weighted by Crippen LogP contribution is -2.36. The van der Waals surface area contributed by atoms with E-state index < -0.39 is 16.6 Å². The minimum atomic E-state index is -3.80. The highest BCUT2D eigenvalue weighted by atomic mass is 32.2. The zero-order chi connectivity index (χ0) is 22.1. The molecule has 8 nitrogen and oxygen atoms in total. The number of benzene rings is 2. The van der Waals surface area contributed by atoms with Gasteiger partial charge in [-0.15, -0.1) is 0 Å². The first-order valence-corrected chi connectivity index (χ1v) is 10.5. The van der Waals surface area contributed by atoms with Gasteiger partial charge >= 0.3 is 6.61 Å². The Morgan fingerprint density at radius 1 is 1.17 bits per heavy atom. The molecule has 2 rings (SSSR count). The number of primary sulfonamides is 1. The Morgan fingerprint density at radius 2 is 1.87 bits per heavy atom. The summed E-state index contributed by atoms with van der Waals surface area (Å²) in [6.07, 6.45) is 0. The molecular formula is C19H24F2N4O4S. The second-order valence-corrected chi connectivity index (χ2v) is 7.59. The van der Waals surface area contributed by atoms with E-state index in [0.717, 1.165) is 0 Å². The number of para-hydroxylation sites is 1. The molecule has 0 radical (unpaired) electrons. The summed E-state index contributed by atoms with van der Waals surface area (Å²) in [4.78, 5) is 4.08. The predicted octanol–water partition coefficient (Wildman–Crippen LogP) is 2.20. The monoisotopic (exact) mass is 442 g/mol. The minimum absolute atomic E-state index is 0.00581. The molecule has 2 aromatic carbocycles. The summed E-state index contributed by atoms with van der Waals surface area (Å²) in [5.41, 5.74) is 1.13. The number of aliphatic imine (C=N–C) groups is 1. The van der Waals surface area contributed by atoms with Gasteiger partial charge in [0.15, 0.2) is 17.5 Å². The number of nitrogens with one attached hydrogen (secondary N) is 2. The van der Waals surface area contributed by atoms with Gasteiger partial charge in [0.25, 0.3) is 0 Å². The van der Waals surface area contributed by atoms with Crippen LogP contribution >= 0.6 is 0 Å². The Labute approximate surface area is 174 Å². The van der Waals surface area contributed by atoms with Crippen LogP contribution in [0.15, 0.2) is 52.4 Å². The lowest BCUT2D eigenvalue weighted by Gasteiger charge is -2.17. The van der Waals surface area contributed by atoms with Crippen LogP contribution in [0.2, 0.25) is 0 Å². The standard InChI is InChI=1S/C19H24F2N4O4S/c1-3-28-16-9-5-7-14(17(16)29-18(20)21)12-25-19(23-2)24-11-13-6-4-8-15(10-13)30(22,26)27/h4-10,18H,3,11-12H2,1-2H3,(H2,22,26,27)(H2,23,24,25). The Hall–Kier alpha value is -2.92. The number of alkyl halides is 2. The number of rotatable bonds is 9. The zero-order valence-corrected chi connectivity index (χ0v) is 17.4. The van der Waals surface area contributed by atoms with Crippen LogP contribution in [0.5, 0.6) is 11.5 Å². The van der Waals surface area contributed by atoms with Crippen molar-refractivity contribution < 1.29 is 26.7 Å². The van der Waals surface area contributed by atoms with Gasteiger partial charge in [0.2, 0.25) is 10.0 Å². The van der Waals surface area contributed by atoms with Crippen molar-refractivity contribution in [3.63, 3.8) is 0 Å². The Morgan fingerprint density at radius 3 is 2.50 bits per heavy atom. The average molecular weight is 442 g/mol. The van der Waals surface area contributed by atoms with Crippen molar-refractivity contribution in [1.82, 2.24) is 10.6 Å².